The number of carboxylic acid groups (broad SMARTS) is 1. The highest BCUT2D eigenvalue weighted by Crippen LogP contribution is 2.49. The summed E-state index contributed by atoms with van der Waals surface area (Å²) in [6.45, 7) is 18.2. The van der Waals surface area contributed by atoms with Crippen LogP contribution in [0.5, 0.6) is 0 Å². The molecule has 22 atom stereocenters. The molecule has 33 heteroatoms. The molecule has 0 spiro atoms. The van der Waals surface area contributed by atoms with Crippen molar-refractivity contribution in [1.82, 2.24) is 10.6 Å². The van der Waals surface area contributed by atoms with Crippen LogP contribution in [0.15, 0.2) is 59.3 Å². The molecule has 518 valence electrons. The number of aliphatic hydroxyl groups is 7. The number of hydrogen-bond acceptors (Lipinski definition) is 25. The van der Waals surface area contributed by atoms with Crippen molar-refractivity contribution in [3.63, 3.8) is 0 Å². The van der Waals surface area contributed by atoms with Gasteiger partial charge in [-0.3, -0.25) is 28.2 Å². The average molecular weight is 1320 g/mol. The lowest BCUT2D eigenvalue weighted by molar-refractivity contribution is -0.370. The Balaban J connectivity index is 1.51. The molecule has 0 radical (unpaired) electrons. The van der Waals surface area contributed by atoms with Crippen LogP contribution in [0.2, 0.25) is 0 Å². The van der Waals surface area contributed by atoms with Gasteiger partial charge in [0.2, 0.25) is 23.6 Å². The molecule has 0 aliphatic carbocycles. The molecule has 4 rings (SSSR count). The van der Waals surface area contributed by atoms with Crippen molar-refractivity contribution in [3.05, 3.63) is 59.3 Å². The van der Waals surface area contributed by atoms with Gasteiger partial charge in [-0.25, -0.2) is 14.2 Å². The standard InChI is InChI=1S/C58H94N5O27P/c1-27(2)15-14-17-28(3)18-19-30(5)20-23-57(9,10)22-13-12-16-29(4)21-24-80-35(51(74)75)26-81-91(78,79)90-55-46(47(89-56(61)76)58(11,77)48(88-55)50(60)73)87-53-37(63-33(8)66)39(68)44(34(25-64)83-53)85-52-36(62-32(7)65)38(67)43(31(6)82-52)84-54-42(71)40(69)41(70)45(86-54)49(59)72/h13,15,18,21-22,31,34-48,52-55,64,67-71,77H,5,12,14,16-17,19-20,23-26H2,1-4,6-11H3,(H2,59,72)(H2,60,73)(H2,61,76)(H,62,65)(H,63,66)(H,74,75)(H,78,79)/b22-13+,28-18+,29-21-/t31-,34-,35?,36-,37-,38-,39-,40+,41+,42-,43-,44-,45+,46-,47-,48-,52+,53+,54-,55-,58-/m1/s1. The quantitative estimate of drug-likeness (QED) is 0.0288. The van der Waals surface area contributed by atoms with Gasteiger partial charge < -0.3 is 116 Å². The first-order valence-corrected chi connectivity index (χ1v) is 31.0. The van der Waals surface area contributed by atoms with E-state index < -0.39 is 185 Å². The Hall–Kier alpha value is -5.17. The maximum Gasteiger partial charge on any atom is 0.474 e. The first kappa shape index (κ1) is 78.3. The van der Waals surface area contributed by atoms with Crippen LogP contribution in [0.25, 0.3) is 0 Å². The smallest absolute Gasteiger partial charge is 0.474 e. The Morgan fingerprint density at radius 3 is 1.86 bits per heavy atom. The van der Waals surface area contributed by atoms with Gasteiger partial charge in [0, 0.05) is 13.8 Å². The number of allylic oxidation sites excluding steroid dienone is 8. The number of nitrogens with one attached hydrogen (secondary N) is 2. The Morgan fingerprint density at radius 1 is 0.725 bits per heavy atom. The first-order valence-electron chi connectivity index (χ1n) is 29.5. The second-order valence-corrected chi connectivity index (χ2v) is 25.6. The van der Waals surface area contributed by atoms with Crippen molar-refractivity contribution in [2.45, 2.75) is 242 Å². The van der Waals surface area contributed by atoms with E-state index in [0.29, 0.717) is 12.8 Å². The number of hydrogen-bond donors (Lipinski definition) is 14. The zero-order valence-corrected chi connectivity index (χ0v) is 53.7. The average Bonchev–Trinajstić information content (AvgIpc) is 0.764. The zero-order chi connectivity index (χ0) is 68.6. The molecular weight excluding hydrogens is 1230 g/mol. The van der Waals surface area contributed by atoms with E-state index in [-0.39, 0.29) is 12.0 Å². The lowest BCUT2D eigenvalue weighted by Crippen LogP contribution is -2.72. The van der Waals surface area contributed by atoms with E-state index in [1.54, 1.807) is 13.0 Å². The molecule has 4 fully saturated rings. The normalized spacial score (nSPS) is 34.3. The summed E-state index contributed by atoms with van der Waals surface area (Å²) in [6.07, 6.45) is -21.7. The lowest BCUT2D eigenvalue weighted by atomic mass is 9.85. The largest absolute Gasteiger partial charge is 0.479 e. The van der Waals surface area contributed by atoms with Gasteiger partial charge in [-0.2, -0.15) is 0 Å². The third-order valence-corrected chi connectivity index (χ3v) is 16.4. The highest BCUT2D eigenvalue weighted by atomic mass is 31.2. The molecule has 0 aromatic carbocycles. The number of carbonyl (C=O) groups excluding carboxylic acids is 5. The molecule has 4 saturated heterocycles. The van der Waals surface area contributed by atoms with Crippen LogP contribution >= 0.6 is 7.82 Å². The summed E-state index contributed by atoms with van der Waals surface area (Å²) >= 11 is 0. The summed E-state index contributed by atoms with van der Waals surface area (Å²) in [6, 6.07) is -3.63. The van der Waals surface area contributed by atoms with Gasteiger partial charge in [0.25, 0.3) is 0 Å². The maximum absolute atomic E-state index is 13.8. The van der Waals surface area contributed by atoms with Crippen molar-refractivity contribution in [3.8, 4) is 0 Å². The Labute approximate surface area is 527 Å². The predicted octanol–water partition coefficient (Wildman–Crippen LogP) is -0.615. The summed E-state index contributed by atoms with van der Waals surface area (Å²) in [5, 5.41) is 92.4. The molecule has 5 amide bonds. The van der Waals surface area contributed by atoms with Crippen LogP contribution in [0.1, 0.15) is 114 Å². The van der Waals surface area contributed by atoms with E-state index in [0.717, 1.165) is 64.0 Å². The number of primary amides is 3. The van der Waals surface area contributed by atoms with Crippen LogP contribution in [-0.2, 0) is 80.2 Å². The van der Waals surface area contributed by atoms with E-state index in [1.165, 1.54) is 18.1 Å². The fourth-order valence-electron chi connectivity index (χ4n) is 10.3. The molecule has 0 saturated carbocycles. The lowest BCUT2D eigenvalue weighted by Gasteiger charge is -2.51. The molecule has 0 aromatic heterocycles. The van der Waals surface area contributed by atoms with Crippen molar-refractivity contribution >= 4 is 43.5 Å². The molecule has 4 aliphatic heterocycles. The van der Waals surface area contributed by atoms with Gasteiger partial charge in [-0.1, -0.05) is 73.1 Å². The third kappa shape index (κ3) is 23.1. The van der Waals surface area contributed by atoms with E-state index in [4.69, 9.17) is 68.9 Å². The summed E-state index contributed by atoms with van der Waals surface area (Å²) in [5.41, 5.74) is 17.9. The number of amides is 5. The van der Waals surface area contributed by atoms with Crippen LogP contribution in [0, 0.1) is 5.41 Å². The number of phosphoric ester groups is 1. The van der Waals surface area contributed by atoms with Gasteiger partial charge in [0.1, 0.15) is 66.5 Å². The zero-order valence-electron chi connectivity index (χ0n) is 52.8. The van der Waals surface area contributed by atoms with E-state index in [9.17, 15) is 79.1 Å². The number of carbonyl (C=O) groups is 6. The summed E-state index contributed by atoms with van der Waals surface area (Å²) in [5.74, 6) is -6.12. The molecule has 91 heavy (non-hydrogen) atoms. The summed E-state index contributed by atoms with van der Waals surface area (Å²) in [4.78, 5) is 86.2. The number of aliphatic hydroxyl groups excluding tert-OH is 6. The van der Waals surface area contributed by atoms with Crippen LogP contribution in [0.3, 0.4) is 0 Å². The minimum atomic E-state index is -5.71. The second kappa shape index (κ2) is 34.8. The van der Waals surface area contributed by atoms with Gasteiger partial charge in [-0.15, -0.1) is 0 Å². The topological polar surface area (TPSA) is 505 Å². The number of nitrogens with two attached hydrogens (primary N) is 3. The molecule has 4 aliphatic rings. The van der Waals surface area contributed by atoms with Crippen molar-refractivity contribution in [1.29, 1.82) is 0 Å². The number of aliphatic carboxylic acids is 1. The molecule has 0 aromatic rings. The predicted molar refractivity (Wildman–Crippen MR) is 316 cm³/mol. The Bertz CT molecular complexity index is 2670. The maximum atomic E-state index is 13.8. The molecular formula is C58H94N5O27P. The first-order chi connectivity index (χ1) is 42.3. The summed E-state index contributed by atoms with van der Waals surface area (Å²) < 4.78 is 75.6. The van der Waals surface area contributed by atoms with Crippen molar-refractivity contribution < 1.29 is 131 Å². The third-order valence-electron chi connectivity index (χ3n) is 15.4. The molecule has 0 bridgehead atoms. The van der Waals surface area contributed by atoms with Gasteiger partial charge >= 0.3 is 19.9 Å². The molecule has 4 heterocycles. The van der Waals surface area contributed by atoms with Gasteiger partial charge in [0.05, 0.1) is 25.9 Å². The highest BCUT2D eigenvalue weighted by Gasteiger charge is 2.62. The van der Waals surface area contributed by atoms with Crippen molar-refractivity contribution in [2.24, 2.45) is 22.6 Å². The minimum Gasteiger partial charge on any atom is -0.479 e. The Kier molecular flexibility index (Phi) is 30.0. The number of rotatable bonds is 33. The van der Waals surface area contributed by atoms with Crippen LogP contribution in [0.4, 0.5) is 4.79 Å². The monoisotopic (exact) mass is 1320 g/mol. The second-order valence-electron chi connectivity index (χ2n) is 24.2. The fourth-order valence-corrected chi connectivity index (χ4v) is 11.1. The van der Waals surface area contributed by atoms with Crippen LogP contribution < -0.4 is 27.8 Å². The van der Waals surface area contributed by atoms with E-state index in [1.807, 2.05) is 0 Å². The van der Waals surface area contributed by atoms with E-state index in [2.05, 4.69) is 76.1 Å². The molecule has 2 unspecified atom stereocenters. The number of carboxylic acids is 1. The minimum absolute atomic E-state index is 0.110. The van der Waals surface area contributed by atoms with Gasteiger partial charge in [-0.05, 0) is 91.9 Å². The SMILES string of the molecule is C=C(C/C=C(\C)CCC=C(C)C)CCC(C)(C)/C=C/CC/C(C)=C\COC(COP(=O)(O)O[C@H]1O[C@H](C(N)=O)[C@](C)(O)[C@H](OC(N)=O)[C@H]1O[C@@H]1O[C@H](CO)[C@@H](O[C@@H]2O[C@H](C)[C@@H](O[C@@H]3O[C@H](C(N)=O)[C@@H](O)[C@H](O)[C@H]3O)[C@H](O)[C@H]2NC(C)=O)[C@H](O)[C@H]1NC(C)=O)C(=O)O. The molecule has 32 nitrogen and oxygen atoms in total. The van der Waals surface area contributed by atoms with Crippen molar-refractivity contribution in [2.75, 3.05) is 19.8 Å². The Morgan fingerprint density at radius 2 is 1.30 bits per heavy atom. The van der Waals surface area contributed by atoms with Crippen LogP contribution in [-0.4, -0.2) is 230 Å². The van der Waals surface area contributed by atoms with Gasteiger partial charge in [0.15, 0.2) is 55.7 Å². The number of phosphoric acid groups is 1. The number of ether oxygens (including phenoxy) is 9. The fraction of sp³-hybridized carbons (Fsp3) is 0.724. The van der Waals surface area contributed by atoms with E-state index >= 15 is 0 Å². The molecule has 17 N–H and O–H groups in total. The highest BCUT2D eigenvalue weighted by molar-refractivity contribution is 7.47. The summed E-state index contributed by atoms with van der Waals surface area (Å²) in [7, 11) is -5.71.